The average molecular weight is 542 g/mol. The summed E-state index contributed by atoms with van der Waals surface area (Å²) in [7, 11) is 1.59. The highest BCUT2D eigenvalue weighted by Gasteiger charge is 2.47. The van der Waals surface area contributed by atoms with Gasteiger partial charge in [0, 0.05) is 11.3 Å². The van der Waals surface area contributed by atoms with E-state index in [-0.39, 0.29) is 35.7 Å². The van der Waals surface area contributed by atoms with E-state index in [4.69, 9.17) is 9.47 Å². The van der Waals surface area contributed by atoms with Crippen LogP contribution in [0.5, 0.6) is 5.75 Å². The Kier molecular flexibility index (Phi) is 8.43. The van der Waals surface area contributed by atoms with Gasteiger partial charge in [0.25, 0.3) is 11.7 Å². The van der Waals surface area contributed by atoms with Gasteiger partial charge in [-0.15, -0.1) is 0 Å². The number of aliphatic hydroxyl groups is 1. The van der Waals surface area contributed by atoms with Gasteiger partial charge in [0.15, 0.2) is 0 Å². The molecule has 1 amide bonds. The van der Waals surface area contributed by atoms with Gasteiger partial charge in [-0.2, -0.15) is 0 Å². The quantitative estimate of drug-likeness (QED) is 0.157. The molecule has 4 rings (SSSR count). The number of aryl methyl sites for hydroxylation is 1. The Morgan fingerprint density at radius 3 is 2.27 bits per heavy atom. The number of nitrogens with zero attached hydrogens (tertiary/aromatic N) is 1. The summed E-state index contributed by atoms with van der Waals surface area (Å²) < 4.78 is 10.7. The second kappa shape index (κ2) is 11.8. The fourth-order valence-electron chi connectivity index (χ4n) is 4.99. The van der Waals surface area contributed by atoms with Gasteiger partial charge in [-0.25, -0.2) is 0 Å². The van der Waals surface area contributed by atoms with Crippen molar-refractivity contribution in [1.82, 2.24) is 0 Å². The lowest BCUT2D eigenvalue weighted by Crippen LogP contribution is -2.29. The van der Waals surface area contributed by atoms with Gasteiger partial charge in [0.05, 0.1) is 31.2 Å². The van der Waals surface area contributed by atoms with Crippen LogP contribution < -0.4 is 9.64 Å². The van der Waals surface area contributed by atoms with E-state index in [2.05, 4.69) is 0 Å². The fraction of sp³-hybridized carbons (Fsp3) is 0.303. The molecule has 1 atom stereocenters. The molecular weight excluding hydrogens is 506 g/mol. The molecule has 0 aliphatic carbocycles. The molecule has 7 heteroatoms. The zero-order chi connectivity index (χ0) is 29.1. The minimum absolute atomic E-state index is 0.0139. The lowest BCUT2D eigenvalue weighted by atomic mass is 9.92. The van der Waals surface area contributed by atoms with Gasteiger partial charge in [0.1, 0.15) is 11.5 Å². The number of ketones is 1. The van der Waals surface area contributed by atoms with Crippen molar-refractivity contribution < 1.29 is 29.0 Å². The molecule has 0 aromatic heterocycles. The monoisotopic (exact) mass is 541 g/mol. The highest BCUT2D eigenvalue weighted by Crippen LogP contribution is 2.43. The van der Waals surface area contributed by atoms with E-state index in [0.29, 0.717) is 22.6 Å². The minimum Gasteiger partial charge on any atom is -0.507 e. The van der Waals surface area contributed by atoms with Crippen molar-refractivity contribution in [2.24, 2.45) is 0 Å². The lowest BCUT2D eigenvalue weighted by Gasteiger charge is -2.26. The number of carbonyl (C=O) groups excluding carboxylic acids is 3. The molecule has 1 unspecified atom stereocenters. The Bertz CT molecular complexity index is 1470. The van der Waals surface area contributed by atoms with E-state index in [0.717, 1.165) is 16.7 Å². The number of Topliss-reactive ketones (excluding diaryl/α,β-unsaturated/α-hetero) is 1. The maximum Gasteiger partial charge on any atom is 0.310 e. The number of ether oxygens (including phenoxy) is 2. The van der Waals surface area contributed by atoms with E-state index in [1.54, 1.807) is 63.4 Å². The van der Waals surface area contributed by atoms with Gasteiger partial charge in [0.2, 0.25) is 0 Å². The summed E-state index contributed by atoms with van der Waals surface area (Å²) in [5.74, 6) is -1.31. The number of methoxy groups -OCH3 is 1. The molecule has 0 bridgehead atoms. The summed E-state index contributed by atoms with van der Waals surface area (Å²) in [5.41, 5.74) is 4.17. The third kappa shape index (κ3) is 5.78. The molecule has 7 nitrogen and oxygen atoms in total. The van der Waals surface area contributed by atoms with Crippen molar-refractivity contribution in [2.45, 2.75) is 59.1 Å². The summed E-state index contributed by atoms with van der Waals surface area (Å²) in [6.45, 7) is 9.54. The Labute approximate surface area is 235 Å². The van der Waals surface area contributed by atoms with Crippen LogP contribution in [0.2, 0.25) is 0 Å². The van der Waals surface area contributed by atoms with Crippen molar-refractivity contribution in [1.29, 1.82) is 0 Å². The molecular formula is C33H35NO6. The zero-order valence-corrected chi connectivity index (χ0v) is 23.7. The number of anilines is 1. The first-order valence-corrected chi connectivity index (χ1v) is 13.4. The third-order valence-electron chi connectivity index (χ3n) is 6.86. The Balaban J connectivity index is 1.82. The van der Waals surface area contributed by atoms with Crippen LogP contribution >= 0.6 is 0 Å². The fourth-order valence-corrected chi connectivity index (χ4v) is 4.99. The Morgan fingerprint density at radius 1 is 0.975 bits per heavy atom. The van der Waals surface area contributed by atoms with Crippen LogP contribution in [0.15, 0.2) is 72.3 Å². The van der Waals surface area contributed by atoms with Crippen molar-refractivity contribution in [3.63, 3.8) is 0 Å². The molecule has 0 radical (unpaired) electrons. The topological polar surface area (TPSA) is 93.1 Å². The normalized spacial score (nSPS) is 16.6. The van der Waals surface area contributed by atoms with Crippen molar-refractivity contribution in [3.05, 3.63) is 100 Å². The molecule has 0 saturated carbocycles. The molecule has 208 valence electrons. The molecule has 1 N–H and O–H groups in total. The van der Waals surface area contributed by atoms with E-state index < -0.39 is 17.7 Å². The predicted molar refractivity (Wildman–Crippen MR) is 154 cm³/mol. The zero-order valence-electron chi connectivity index (χ0n) is 23.7. The molecule has 3 aromatic carbocycles. The molecule has 40 heavy (non-hydrogen) atoms. The largest absolute Gasteiger partial charge is 0.507 e. The van der Waals surface area contributed by atoms with Crippen molar-refractivity contribution >= 4 is 29.1 Å². The smallest absolute Gasteiger partial charge is 0.310 e. The van der Waals surface area contributed by atoms with Gasteiger partial charge >= 0.3 is 5.97 Å². The predicted octanol–water partition coefficient (Wildman–Crippen LogP) is 6.25. The van der Waals surface area contributed by atoms with Gasteiger partial charge in [-0.1, -0.05) is 55.8 Å². The summed E-state index contributed by atoms with van der Waals surface area (Å²) in [4.78, 5) is 40.6. The third-order valence-corrected chi connectivity index (χ3v) is 6.86. The Morgan fingerprint density at radius 2 is 1.68 bits per heavy atom. The van der Waals surface area contributed by atoms with E-state index >= 15 is 0 Å². The number of benzene rings is 3. The first kappa shape index (κ1) is 28.6. The molecule has 1 aliphatic heterocycles. The summed E-state index contributed by atoms with van der Waals surface area (Å²) in [5, 5.41) is 11.5. The van der Waals surface area contributed by atoms with Crippen LogP contribution in [0.25, 0.3) is 5.76 Å². The SMILES string of the molecule is COc1ccc(/C(O)=C2/C(=O)C(=O)N(c3ccc(CC(=O)OC(C)C)cc3)C2c2cccc(C)c2)cc1C(C)C. The van der Waals surface area contributed by atoms with E-state index in [1.165, 1.54) is 4.90 Å². The number of carbonyl (C=O) groups is 3. The number of amides is 1. The molecule has 0 spiro atoms. The summed E-state index contributed by atoms with van der Waals surface area (Å²) in [6, 6.07) is 18.8. The van der Waals surface area contributed by atoms with E-state index in [1.807, 2.05) is 45.0 Å². The van der Waals surface area contributed by atoms with Crippen LogP contribution in [0.4, 0.5) is 5.69 Å². The molecule has 1 saturated heterocycles. The molecule has 1 heterocycles. The van der Waals surface area contributed by atoms with Crippen LogP contribution in [0, 0.1) is 6.92 Å². The second-order valence-electron chi connectivity index (χ2n) is 10.6. The Hall–Kier alpha value is -4.39. The van der Waals surface area contributed by atoms with Crippen molar-refractivity contribution in [3.8, 4) is 5.75 Å². The lowest BCUT2D eigenvalue weighted by molar-refractivity contribution is -0.146. The highest BCUT2D eigenvalue weighted by atomic mass is 16.5. The van der Waals surface area contributed by atoms with Crippen molar-refractivity contribution in [2.75, 3.05) is 12.0 Å². The average Bonchev–Trinajstić information content (AvgIpc) is 3.18. The molecule has 1 fully saturated rings. The van der Waals surface area contributed by atoms with Crippen LogP contribution in [0.3, 0.4) is 0 Å². The number of esters is 1. The van der Waals surface area contributed by atoms with E-state index in [9.17, 15) is 19.5 Å². The van der Waals surface area contributed by atoms with Gasteiger partial charge in [-0.3, -0.25) is 19.3 Å². The first-order valence-electron chi connectivity index (χ1n) is 13.4. The van der Waals surface area contributed by atoms with Crippen LogP contribution in [-0.2, 0) is 25.5 Å². The number of rotatable bonds is 8. The number of aliphatic hydroxyl groups excluding tert-OH is 1. The van der Waals surface area contributed by atoms with Crippen LogP contribution in [-0.4, -0.2) is 36.0 Å². The van der Waals surface area contributed by atoms with Gasteiger partial charge < -0.3 is 14.6 Å². The molecule has 3 aromatic rings. The number of hydrogen-bond acceptors (Lipinski definition) is 6. The second-order valence-corrected chi connectivity index (χ2v) is 10.6. The maximum absolute atomic E-state index is 13.5. The summed E-state index contributed by atoms with van der Waals surface area (Å²) >= 11 is 0. The summed E-state index contributed by atoms with van der Waals surface area (Å²) in [6.07, 6.45) is -0.121. The number of hydrogen-bond donors (Lipinski definition) is 1. The maximum atomic E-state index is 13.5. The first-order chi connectivity index (χ1) is 19.0. The van der Waals surface area contributed by atoms with Crippen LogP contribution in [0.1, 0.15) is 67.5 Å². The molecule has 1 aliphatic rings. The highest BCUT2D eigenvalue weighted by molar-refractivity contribution is 6.51. The minimum atomic E-state index is -0.846. The standard InChI is InChI=1S/C33H35NO6/c1-19(2)26-18-24(12-15-27(26)39-6)31(36)29-30(23-9-7-8-21(5)16-23)34(33(38)32(29)37)25-13-10-22(11-14-25)17-28(35)40-20(3)4/h7-16,18-20,30,36H,17H2,1-6H3/b31-29-. The van der Waals surface area contributed by atoms with Gasteiger partial charge in [-0.05, 0) is 73.7 Å².